The molecule has 1 aromatic rings. The fourth-order valence-electron chi connectivity index (χ4n) is 4.02. The Morgan fingerprint density at radius 2 is 1.50 bits per heavy atom. The number of carbonyl (C=O) groups excluding carboxylic acids is 1. The Morgan fingerprint density at radius 1 is 0.938 bits per heavy atom. The van der Waals surface area contributed by atoms with E-state index in [1.807, 2.05) is 0 Å². The number of alkyl halides is 6. The van der Waals surface area contributed by atoms with E-state index in [1.54, 1.807) is 0 Å². The normalized spacial score (nSPS) is 22.2. The van der Waals surface area contributed by atoms with Crippen molar-refractivity contribution in [1.29, 1.82) is 0 Å². The SMILES string of the molecule is CN.O=C(NCc1cc(C(F)(F)F)cc(C(F)(F)F)c1)C1CCC(NC2CCOCC2)C1. The molecule has 2 aliphatic rings. The van der Waals surface area contributed by atoms with E-state index in [-0.39, 0.29) is 36.0 Å². The lowest BCUT2D eigenvalue weighted by Gasteiger charge is -2.26. The van der Waals surface area contributed by atoms with Gasteiger partial charge in [-0.2, -0.15) is 26.3 Å². The lowest BCUT2D eigenvalue weighted by atomic mass is 10.0. The Balaban J connectivity index is 0.00000176. The molecule has 11 heteroatoms. The van der Waals surface area contributed by atoms with Crippen molar-refractivity contribution < 1.29 is 35.9 Å². The molecule has 3 rings (SSSR count). The van der Waals surface area contributed by atoms with Gasteiger partial charge in [0.15, 0.2) is 0 Å². The topological polar surface area (TPSA) is 76.4 Å². The third-order valence-corrected chi connectivity index (χ3v) is 5.61. The molecule has 0 bridgehead atoms. The molecule has 1 heterocycles. The predicted molar refractivity (Wildman–Crippen MR) is 107 cm³/mol. The minimum Gasteiger partial charge on any atom is -0.381 e. The van der Waals surface area contributed by atoms with Crippen LogP contribution in [-0.2, 0) is 28.4 Å². The minimum absolute atomic E-state index is 0.0782. The maximum atomic E-state index is 12.9. The molecule has 0 aromatic heterocycles. The quantitative estimate of drug-likeness (QED) is 0.573. The van der Waals surface area contributed by atoms with Gasteiger partial charge in [0, 0.05) is 37.8 Å². The van der Waals surface area contributed by atoms with E-state index in [0.29, 0.717) is 44.2 Å². The van der Waals surface area contributed by atoms with Crippen LogP contribution in [0.1, 0.15) is 48.8 Å². The number of halogens is 6. The fourth-order valence-corrected chi connectivity index (χ4v) is 4.02. The van der Waals surface area contributed by atoms with Crippen LogP contribution in [-0.4, -0.2) is 38.3 Å². The van der Waals surface area contributed by atoms with Crippen LogP contribution < -0.4 is 16.4 Å². The van der Waals surface area contributed by atoms with E-state index in [2.05, 4.69) is 16.4 Å². The average Bonchev–Trinajstić information content (AvgIpc) is 3.21. The van der Waals surface area contributed by atoms with E-state index in [0.717, 1.165) is 19.3 Å². The monoisotopic (exact) mass is 469 g/mol. The van der Waals surface area contributed by atoms with Crippen molar-refractivity contribution in [3.05, 3.63) is 34.9 Å². The first-order valence-electron chi connectivity index (χ1n) is 10.5. The Bertz CT molecular complexity index is 716. The van der Waals surface area contributed by atoms with Gasteiger partial charge in [-0.25, -0.2) is 0 Å². The van der Waals surface area contributed by atoms with Crippen LogP contribution in [0, 0.1) is 5.92 Å². The second kappa shape index (κ2) is 11.3. The highest BCUT2D eigenvalue weighted by molar-refractivity contribution is 5.79. The summed E-state index contributed by atoms with van der Waals surface area (Å²) in [5.74, 6) is -0.660. The Kier molecular flexibility index (Phi) is 9.35. The van der Waals surface area contributed by atoms with E-state index in [9.17, 15) is 31.1 Å². The van der Waals surface area contributed by atoms with Crippen molar-refractivity contribution in [2.24, 2.45) is 11.7 Å². The Hall–Kier alpha value is -1.85. The largest absolute Gasteiger partial charge is 0.416 e. The van der Waals surface area contributed by atoms with Crippen molar-refractivity contribution in [3.8, 4) is 0 Å². The van der Waals surface area contributed by atoms with Crippen LogP contribution in [0.15, 0.2) is 18.2 Å². The van der Waals surface area contributed by atoms with Gasteiger partial charge in [-0.1, -0.05) is 0 Å². The standard InChI is InChI=1S/C20H24F6N2O2.CH5N/c21-19(22,23)14-7-12(8-15(10-14)20(24,25)26)11-27-18(29)13-1-2-17(9-13)28-16-3-5-30-6-4-16;1-2/h7-8,10,13,16-17,28H,1-6,9,11H2,(H,27,29);2H2,1H3. The van der Waals surface area contributed by atoms with Crippen LogP contribution in [0.25, 0.3) is 0 Å². The van der Waals surface area contributed by atoms with E-state index < -0.39 is 23.5 Å². The zero-order chi connectivity index (χ0) is 23.9. The van der Waals surface area contributed by atoms with E-state index >= 15 is 0 Å². The molecule has 182 valence electrons. The van der Waals surface area contributed by atoms with Gasteiger partial charge in [-0.3, -0.25) is 4.79 Å². The first kappa shape index (κ1) is 26.4. The maximum absolute atomic E-state index is 12.9. The molecule has 0 spiro atoms. The van der Waals surface area contributed by atoms with Crippen LogP contribution in [0.3, 0.4) is 0 Å². The van der Waals surface area contributed by atoms with Gasteiger partial charge in [-0.15, -0.1) is 0 Å². The Morgan fingerprint density at radius 3 is 2.03 bits per heavy atom. The number of ether oxygens (including phenoxy) is 1. The predicted octanol–water partition coefficient (Wildman–Crippen LogP) is 3.85. The highest BCUT2D eigenvalue weighted by atomic mass is 19.4. The molecular weight excluding hydrogens is 440 g/mol. The number of benzene rings is 1. The molecule has 1 aromatic carbocycles. The summed E-state index contributed by atoms with van der Waals surface area (Å²) < 4.78 is 83.0. The molecule has 0 radical (unpaired) electrons. The molecule has 1 saturated heterocycles. The number of amides is 1. The van der Waals surface area contributed by atoms with Gasteiger partial charge in [0.25, 0.3) is 0 Å². The molecule has 5 nitrogen and oxygen atoms in total. The summed E-state index contributed by atoms with van der Waals surface area (Å²) in [7, 11) is 1.50. The molecular formula is C21H29F6N3O2. The zero-order valence-corrected chi connectivity index (χ0v) is 17.8. The summed E-state index contributed by atoms with van der Waals surface area (Å²) in [4.78, 5) is 12.4. The van der Waals surface area contributed by atoms with Gasteiger partial charge < -0.3 is 21.1 Å². The fraction of sp³-hybridized carbons (Fsp3) is 0.667. The molecule has 2 unspecified atom stereocenters. The average molecular weight is 469 g/mol. The summed E-state index contributed by atoms with van der Waals surface area (Å²) in [5, 5.41) is 6.02. The third-order valence-electron chi connectivity index (χ3n) is 5.61. The lowest BCUT2D eigenvalue weighted by molar-refractivity contribution is -0.143. The molecule has 2 atom stereocenters. The highest BCUT2D eigenvalue weighted by Gasteiger charge is 2.37. The van der Waals surface area contributed by atoms with Gasteiger partial charge in [0.05, 0.1) is 11.1 Å². The van der Waals surface area contributed by atoms with Crippen LogP contribution in [0.4, 0.5) is 26.3 Å². The van der Waals surface area contributed by atoms with E-state index in [1.165, 1.54) is 7.05 Å². The van der Waals surface area contributed by atoms with Crippen molar-refractivity contribution in [2.75, 3.05) is 20.3 Å². The zero-order valence-electron chi connectivity index (χ0n) is 17.8. The van der Waals surface area contributed by atoms with Gasteiger partial charge in [-0.05, 0) is 62.9 Å². The molecule has 32 heavy (non-hydrogen) atoms. The summed E-state index contributed by atoms with van der Waals surface area (Å²) in [6, 6.07) is 1.87. The number of carbonyl (C=O) groups is 1. The second-order valence-corrected chi connectivity index (χ2v) is 7.89. The summed E-state index contributed by atoms with van der Waals surface area (Å²) in [6.45, 7) is 1.01. The van der Waals surface area contributed by atoms with Gasteiger partial charge in [0.1, 0.15) is 0 Å². The number of hydrogen-bond acceptors (Lipinski definition) is 4. The molecule has 1 saturated carbocycles. The third kappa shape index (κ3) is 7.63. The van der Waals surface area contributed by atoms with Crippen molar-refractivity contribution in [2.45, 2.75) is 63.1 Å². The summed E-state index contributed by atoms with van der Waals surface area (Å²) in [5.41, 5.74) is 1.49. The molecule has 1 amide bonds. The van der Waals surface area contributed by atoms with Crippen molar-refractivity contribution >= 4 is 5.91 Å². The van der Waals surface area contributed by atoms with Crippen LogP contribution >= 0.6 is 0 Å². The highest BCUT2D eigenvalue weighted by Crippen LogP contribution is 2.36. The molecule has 2 fully saturated rings. The van der Waals surface area contributed by atoms with Crippen molar-refractivity contribution in [1.82, 2.24) is 10.6 Å². The van der Waals surface area contributed by atoms with Crippen molar-refractivity contribution in [3.63, 3.8) is 0 Å². The maximum Gasteiger partial charge on any atom is 0.416 e. The van der Waals surface area contributed by atoms with Crippen LogP contribution in [0.2, 0.25) is 0 Å². The number of nitrogens with two attached hydrogens (primary N) is 1. The smallest absolute Gasteiger partial charge is 0.381 e. The number of nitrogens with one attached hydrogen (secondary N) is 2. The van der Waals surface area contributed by atoms with Gasteiger partial charge in [0.2, 0.25) is 5.91 Å². The number of rotatable bonds is 5. The lowest BCUT2D eigenvalue weighted by Crippen LogP contribution is -2.41. The molecule has 1 aliphatic heterocycles. The summed E-state index contributed by atoms with van der Waals surface area (Å²) >= 11 is 0. The van der Waals surface area contributed by atoms with Crippen LogP contribution in [0.5, 0.6) is 0 Å². The first-order chi connectivity index (χ1) is 15.0. The second-order valence-electron chi connectivity index (χ2n) is 7.89. The Labute approximate surface area is 183 Å². The molecule has 4 N–H and O–H groups in total. The molecule has 1 aliphatic carbocycles. The van der Waals surface area contributed by atoms with E-state index in [4.69, 9.17) is 4.74 Å². The summed E-state index contributed by atoms with van der Waals surface area (Å²) in [6.07, 6.45) is -5.97. The minimum atomic E-state index is -4.91. The first-order valence-corrected chi connectivity index (χ1v) is 10.5. The van der Waals surface area contributed by atoms with Gasteiger partial charge >= 0.3 is 12.4 Å². The number of hydrogen-bond donors (Lipinski definition) is 3.